The Labute approximate surface area is 191 Å². The Morgan fingerprint density at radius 3 is 2.56 bits per heavy atom. The van der Waals surface area contributed by atoms with Gasteiger partial charge in [0.1, 0.15) is 18.0 Å². The smallest absolute Gasteiger partial charge is 0.262 e. The Morgan fingerprint density at radius 1 is 1.09 bits per heavy atom. The van der Waals surface area contributed by atoms with Gasteiger partial charge < -0.3 is 9.47 Å². The molecule has 2 aromatic carbocycles. The van der Waals surface area contributed by atoms with Crippen LogP contribution in [0, 0.1) is 11.8 Å². The number of nitrogens with zero attached hydrogens (tertiary/aromatic N) is 1. The zero-order valence-electron chi connectivity index (χ0n) is 19.0. The van der Waals surface area contributed by atoms with Gasteiger partial charge in [-0.1, -0.05) is 51.5 Å². The number of anilines is 1. The Morgan fingerprint density at radius 2 is 1.88 bits per heavy atom. The maximum Gasteiger partial charge on any atom is 0.262 e. The molecule has 6 nitrogen and oxygen atoms in total. The molecular weight excluding hydrogens is 424 g/mol. The first-order chi connectivity index (χ1) is 15.3. The van der Waals surface area contributed by atoms with E-state index in [9.17, 15) is 8.42 Å². The molecule has 1 saturated carbocycles. The van der Waals surface area contributed by atoms with Crippen molar-refractivity contribution < 1.29 is 17.9 Å². The lowest BCUT2D eigenvalue weighted by Crippen LogP contribution is -2.25. The average Bonchev–Trinajstić information content (AvgIpc) is 3.26. The van der Waals surface area contributed by atoms with E-state index in [-0.39, 0.29) is 17.0 Å². The molecule has 0 radical (unpaired) electrons. The predicted molar refractivity (Wildman–Crippen MR) is 127 cm³/mol. The van der Waals surface area contributed by atoms with Gasteiger partial charge in [-0.25, -0.2) is 13.4 Å². The highest BCUT2D eigenvalue weighted by Crippen LogP contribution is 2.36. The minimum Gasteiger partial charge on any atom is -0.488 e. The van der Waals surface area contributed by atoms with Gasteiger partial charge in [-0.05, 0) is 55.4 Å². The average molecular weight is 457 g/mol. The second-order valence-electron chi connectivity index (χ2n) is 9.17. The van der Waals surface area contributed by atoms with Gasteiger partial charge in [-0.3, -0.25) is 4.72 Å². The molecule has 7 heteroatoms. The molecule has 1 fully saturated rings. The largest absolute Gasteiger partial charge is 0.488 e. The van der Waals surface area contributed by atoms with Crippen LogP contribution in [-0.2, 0) is 14.8 Å². The van der Waals surface area contributed by atoms with Crippen LogP contribution in [0.15, 0.2) is 58.4 Å². The summed E-state index contributed by atoms with van der Waals surface area (Å²) in [6.07, 6.45) is 4.30. The number of benzene rings is 2. The molecule has 2 aromatic rings. The summed E-state index contributed by atoms with van der Waals surface area (Å²) < 4.78 is 41.4. The summed E-state index contributed by atoms with van der Waals surface area (Å²) >= 11 is 0. The fourth-order valence-corrected chi connectivity index (χ4v) is 5.36. The van der Waals surface area contributed by atoms with Gasteiger partial charge in [0.05, 0.1) is 22.6 Å². The Bertz CT molecular complexity index is 1070. The molecule has 1 heterocycles. The van der Waals surface area contributed by atoms with E-state index < -0.39 is 10.0 Å². The van der Waals surface area contributed by atoms with Gasteiger partial charge in [-0.15, -0.1) is 0 Å². The van der Waals surface area contributed by atoms with E-state index in [0.717, 1.165) is 19.3 Å². The van der Waals surface area contributed by atoms with Crippen molar-refractivity contribution in [2.75, 3.05) is 11.3 Å². The SMILES string of the molecule is CC1CCCC(Oc2cccc(C3=NC(C(C)C)CO3)c2NS(=O)(=O)c2ccccc2)C1. The van der Waals surface area contributed by atoms with Crippen LogP contribution in [0.4, 0.5) is 5.69 Å². The number of sulfonamides is 1. The van der Waals surface area contributed by atoms with Crippen LogP contribution in [0.2, 0.25) is 0 Å². The van der Waals surface area contributed by atoms with Crippen molar-refractivity contribution in [3.63, 3.8) is 0 Å². The van der Waals surface area contributed by atoms with Crippen molar-refractivity contribution in [1.82, 2.24) is 0 Å². The van der Waals surface area contributed by atoms with Crippen molar-refractivity contribution >= 4 is 21.6 Å². The molecule has 3 atom stereocenters. The summed E-state index contributed by atoms with van der Waals surface area (Å²) in [6.45, 7) is 6.92. The van der Waals surface area contributed by atoms with Gasteiger partial charge >= 0.3 is 0 Å². The van der Waals surface area contributed by atoms with Crippen LogP contribution in [0.5, 0.6) is 5.75 Å². The molecule has 4 rings (SSSR count). The molecule has 0 spiro atoms. The molecule has 0 saturated heterocycles. The highest BCUT2D eigenvalue weighted by atomic mass is 32.2. The first kappa shape index (κ1) is 22.6. The van der Waals surface area contributed by atoms with Gasteiger partial charge in [-0.2, -0.15) is 0 Å². The third-order valence-electron chi connectivity index (χ3n) is 6.17. The molecule has 3 unspecified atom stereocenters. The lowest BCUT2D eigenvalue weighted by Gasteiger charge is -2.28. The van der Waals surface area contributed by atoms with Crippen molar-refractivity contribution in [3.8, 4) is 5.75 Å². The fourth-order valence-electron chi connectivity index (χ4n) is 4.25. The van der Waals surface area contributed by atoms with Crippen molar-refractivity contribution in [1.29, 1.82) is 0 Å². The Kier molecular flexibility index (Phi) is 6.74. The zero-order valence-corrected chi connectivity index (χ0v) is 19.8. The lowest BCUT2D eigenvalue weighted by molar-refractivity contribution is 0.130. The van der Waals surface area contributed by atoms with Crippen molar-refractivity contribution in [3.05, 3.63) is 54.1 Å². The van der Waals surface area contributed by atoms with Crippen LogP contribution >= 0.6 is 0 Å². The molecular formula is C25H32N2O4S. The first-order valence-electron chi connectivity index (χ1n) is 11.4. The quantitative estimate of drug-likeness (QED) is 0.618. The maximum atomic E-state index is 13.2. The molecule has 1 aliphatic heterocycles. The second-order valence-corrected chi connectivity index (χ2v) is 10.8. The van der Waals surface area contributed by atoms with Gasteiger partial charge in [0.15, 0.2) is 0 Å². The lowest BCUT2D eigenvalue weighted by atomic mass is 9.88. The van der Waals surface area contributed by atoms with E-state index in [1.807, 2.05) is 18.2 Å². The van der Waals surface area contributed by atoms with E-state index in [0.29, 0.717) is 41.3 Å². The Balaban J connectivity index is 1.72. The van der Waals surface area contributed by atoms with Gasteiger partial charge in [0, 0.05) is 0 Å². The highest BCUT2D eigenvalue weighted by molar-refractivity contribution is 7.92. The molecule has 0 amide bonds. The summed E-state index contributed by atoms with van der Waals surface area (Å²) in [6, 6.07) is 13.9. The number of aliphatic imine (C=N–C) groups is 1. The Hall–Kier alpha value is -2.54. The summed E-state index contributed by atoms with van der Waals surface area (Å²) in [5.74, 6) is 1.90. The fraction of sp³-hybridized carbons (Fsp3) is 0.480. The van der Waals surface area contributed by atoms with Crippen LogP contribution in [-0.4, -0.2) is 33.1 Å². The summed E-state index contributed by atoms with van der Waals surface area (Å²) in [7, 11) is -3.81. The third kappa shape index (κ3) is 5.09. The molecule has 172 valence electrons. The number of hydrogen-bond donors (Lipinski definition) is 1. The van der Waals surface area contributed by atoms with E-state index >= 15 is 0 Å². The normalized spacial score (nSPS) is 23.5. The van der Waals surface area contributed by atoms with Crippen LogP contribution in [0.25, 0.3) is 0 Å². The number of hydrogen-bond acceptors (Lipinski definition) is 5. The van der Waals surface area contributed by atoms with E-state index in [4.69, 9.17) is 14.5 Å². The minimum atomic E-state index is -3.81. The zero-order chi connectivity index (χ0) is 22.7. The van der Waals surface area contributed by atoms with E-state index in [2.05, 4.69) is 25.5 Å². The summed E-state index contributed by atoms with van der Waals surface area (Å²) in [5.41, 5.74) is 0.992. The third-order valence-corrected chi connectivity index (χ3v) is 7.54. The van der Waals surface area contributed by atoms with Crippen LogP contribution < -0.4 is 9.46 Å². The van der Waals surface area contributed by atoms with Gasteiger partial charge in [0.25, 0.3) is 10.0 Å². The molecule has 1 N–H and O–H groups in total. The molecule has 2 aliphatic rings. The highest BCUT2D eigenvalue weighted by Gasteiger charge is 2.29. The van der Waals surface area contributed by atoms with Gasteiger partial charge in [0.2, 0.25) is 5.90 Å². The van der Waals surface area contributed by atoms with E-state index in [1.54, 1.807) is 30.3 Å². The number of rotatable bonds is 7. The standard InChI is InChI=1S/C25H32N2O4S/c1-17(2)22-16-30-25(26-22)21-13-8-14-23(31-19-10-7-9-18(3)15-19)24(21)27-32(28,29)20-11-5-4-6-12-20/h4-6,8,11-14,17-19,22,27H,7,9-10,15-16H2,1-3H3. The molecule has 0 aromatic heterocycles. The van der Waals surface area contributed by atoms with Crippen molar-refractivity contribution in [2.24, 2.45) is 16.8 Å². The first-order valence-corrected chi connectivity index (χ1v) is 12.9. The predicted octanol–water partition coefficient (Wildman–Crippen LogP) is 5.25. The topological polar surface area (TPSA) is 77.0 Å². The second kappa shape index (κ2) is 9.53. The summed E-state index contributed by atoms with van der Waals surface area (Å²) in [5, 5.41) is 0. The maximum absolute atomic E-state index is 13.2. The van der Waals surface area contributed by atoms with Crippen LogP contribution in [0.3, 0.4) is 0 Å². The monoisotopic (exact) mass is 456 g/mol. The molecule has 1 aliphatic carbocycles. The molecule has 0 bridgehead atoms. The number of nitrogens with one attached hydrogen (secondary N) is 1. The number of para-hydroxylation sites is 1. The number of ether oxygens (including phenoxy) is 2. The molecule has 32 heavy (non-hydrogen) atoms. The van der Waals surface area contributed by atoms with Crippen LogP contribution in [0.1, 0.15) is 52.0 Å². The van der Waals surface area contributed by atoms with E-state index in [1.165, 1.54) is 6.42 Å². The minimum absolute atomic E-state index is 0.0485. The summed E-state index contributed by atoms with van der Waals surface area (Å²) in [4.78, 5) is 4.92. The van der Waals surface area contributed by atoms with Crippen molar-refractivity contribution in [2.45, 2.75) is 63.5 Å².